The Morgan fingerprint density at radius 2 is 1.63 bits per heavy atom. The first-order valence-electron chi connectivity index (χ1n) is 11.3. The van der Waals surface area contributed by atoms with Crippen molar-refractivity contribution in [2.45, 2.75) is 43.0 Å². The van der Waals surface area contributed by atoms with Gasteiger partial charge in [-0.3, -0.25) is 10.1 Å². The SMILES string of the molecule is O=C(NC1CCCCC1)NS(=O)(=O)c1cc([N+](=O)[O-])ccc1Oc1cccc(-c2ccccc2)c1. The summed E-state index contributed by atoms with van der Waals surface area (Å²) in [5, 5.41) is 14.0. The smallest absolute Gasteiger partial charge is 0.328 e. The van der Waals surface area contributed by atoms with Crippen molar-refractivity contribution in [3.63, 3.8) is 0 Å². The minimum absolute atomic E-state index is 0.111. The van der Waals surface area contributed by atoms with Crippen LogP contribution in [0.25, 0.3) is 11.1 Å². The summed E-state index contributed by atoms with van der Waals surface area (Å²) in [6.45, 7) is 0. The normalized spacial score (nSPS) is 14.2. The number of hydrogen-bond acceptors (Lipinski definition) is 6. The molecule has 0 aromatic heterocycles. The fourth-order valence-electron chi connectivity index (χ4n) is 4.04. The summed E-state index contributed by atoms with van der Waals surface area (Å²) in [7, 11) is -4.47. The Kier molecular flexibility index (Phi) is 7.31. The number of urea groups is 1. The van der Waals surface area contributed by atoms with Crippen molar-refractivity contribution in [3.8, 4) is 22.6 Å². The maximum absolute atomic E-state index is 13.1. The standard InChI is InChI=1S/C25H25N3O6S/c29-25(26-20-11-5-2-6-12-20)27-35(32,33)24-17-21(28(30)31)14-15-23(24)34-22-13-7-10-19(16-22)18-8-3-1-4-9-18/h1,3-4,7-10,13-17,20H,2,5-6,11-12H2,(H2,26,27,29). The molecular formula is C25H25N3O6S. The lowest BCUT2D eigenvalue weighted by molar-refractivity contribution is -0.385. The fraction of sp³-hybridized carbons (Fsp3) is 0.240. The molecule has 0 radical (unpaired) electrons. The molecule has 3 aromatic rings. The molecule has 1 saturated carbocycles. The van der Waals surface area contributed by atoms with Crippen molar-refractivity contribution in [2.75, 3.05) is 0 Å². The van der Waals surface area contributed by atoms with E-state index in [0.29, 0.717) is 5.75 Å². The molecule has 3 aromatic carbocycles. The number of non-ortho nitro benzene ring substituents is 1. The van der Waals surface area contributed by atoms with E-state index in [4.69, 9.17) is 4.74 Å². The van der Waals surface area contributed by atoms with Crippen LogP contribution in [-0.4, -0.2) is 25.4 Å². The number of nitro benzene ring substituents is 1. The summed E-state index contributed by atoms with van der Waals surface area (Å²) >= 11 is 0. The maximum Gasteiger partial charge on any atom is 0.328 e. The van der Waals surface area contributed by atoms with Crippen LogP contribution in [0.1, 0.15) is 32.1 Å². The lowest BCUT2D eigenvalue weighted by Gasteiger charge is -2.22. The zero-order valence-electron chi connectivity index (χ0n) is 18.8. The van der Waals surface area contributed by atoms with E-state index < -0.39 is 31.6 Å². The van der Waals surface area contributed by atoms with Crippen LogP contribution in [-0.2, 0) is 10.0 Å². The first-order chi connectivity index (χ1) is 16.8. The third-order valence-electron chi connectivity index (χ3n) is 5.76. The second-order valence-corrected chi connectivity index (χ2v) is 9.95. The summed E-state index contributed by atoms with van der Waals surface area (Å²) in [5.74, 6) is 0.196. The molecule has 1 aliphatic rings. The molecule has 0 atom stereocenters. The summed E-state index contributed by atoms with van der Waals surface area (Å²) in [6, 6.07) is 18.8. The lowest BCUT2D eigenvalue weighted by atomic mass is 9.96. The molecule has 0 aliphatic heterocycles. The highest BCUT2D eigenvalue weighted by molar-refractivity contribution is 7.90. The van der Waals surface area contributed by atoms with Crippen LogP contribution >= 0.6 is 0 Å². The Hall–Kier alpha value is -3.92. The van der Waals surface area contributed by atoms with E-state index in [1.54, 1.807) is 18.2 Å². The topological polar surface area (TPSA) is 128 Å². The molecule has 1 aliphatic carbocycles. The third kappa shape index (κ3) is 6.15. The molecule has 10 heteroatoms. The Morgan fingerprint density at radius 1 is 0.914 bits per heavy atom. The number of carbonyl (C=O) groups excluding carboxylic acids is 1. The zero-order chi connectivity index (χ0) is 24.8. The number of rotatable bonds is 7. The highest BCUT2D eigenvalue weighted by atomic mass is 32.2. The van der Waals surface area contributed by atoms with Crippen LogP contribution in [0.3, 0.4) is 0 Å². The number of nitro groups is 1. The number of nitrogens with one attached hydrogen (secondary N) is 2. The number of sulfonamides is 1. The highest BCUT2D eigenvalue weighted by Gasteiger charge is 2.27. The van der Waals surface area contributed by atoms with Crippen LogP contribution in [0.15, 0.2) is 77.7 Å². The van der Waals surface area contributed by atoms with Crippen molar-refractivity contribution in [1.29, 1.82) is 0 Å². The molecule has 9 nitrogen and oxygen atoms in total. The summed E-state index contributed by atoms with van der Waals surface area (Å²) in [5.41, 5.74) is 1.35. The van der Waals surface area contributed by atoms with Crippen molar-refractivity contribution in [2.24, 2.45) is 0 Å². The first-order valence-corrected chi connectivity index (χ1v) is 12.8. The van der Waals surface area contributed by atoms with Crippen LogP contribution in [0.5, 0.6) is 11.5 Å². The van der Waals surface area contributed by atoms with Gasteiger partial charge in [-0.2, -0.15) is 0 Å². The molecule has 4 rings (SSSR count). The van der Waals surface area contributed by atoms with Gasteiger partial charge < -0.3 is 10.1 Å². The van der Waals surface area contributed by atoms with Gasteiger partial charge in [-0.15, -0.1) is 0 Å². The second kappa shape index (κ2) is 10.6. The quantitative estimate of drug-likeness (QED) is 0.335. The van der Waals surface area contributed by atoms with Gasteiger partial charge >= 0.3 is 6.03 Å². The maximum atomic E-state index is 13.1. The van der Waals surface area contributed by atoms with E-state index in [-0.39, 0.29) is 11.8 Å². The van der Waals surface area contributed by atoms with Crippen LogP contribution in [0.2, 0.25) is 0 Å². The van der Waals surface area contributed by atoms with Gasteiger partial charge in [-0.05, 0) is 42.2 Å². The van der Waals surface area contributed by atoms with E-state index in [2.05, 4.69) is 5.32 Å². The Balaban J connectivity index is 1.61. The van der Waals surface area contributed by atoms with Crippen LogP contribution in [0, 0.1) is 10.1 Å². The van der Waals surface area contributed by atoms with Gasteiger partial charge in [0.1, 0.15) is 16.4 Å². The minimum atomic E-state index is -4.47. The second-order valence-electron chi connectivity index (χ2n) is 8.30. The van der Waals surface area contributed by atoms with Crippen molar-refractivity contribution in [3.05, 3.63) is 82.9 Å². The largest absolute Gasteiger partial charge is 0.456 e. The number of amides is 2. The van der Waals surface area contributed by atoms with Crippen molar-refractivity contribution < 1.29 is 22.9 Å². The van der Waals surface area contributed by atoms with Gasteiger partial charge in [0.2, 0.25) is 0 Å². The minimum Gasteiger partial charge on any atom is -0.456 e. The number of carbonyl (C=O) groups is 1. The number of nitrogens with zero attached hydrogens (tertiary/aromatic N) is 1. The van der Waals surface area contributed by atoms with E-state index in [1.165, 1.54) is 6.07 Å². The molecule has 0 saturated heterocycles. The van der Waals surface area contributed by atoms with Gasteiger partial charge in [-0.25, -0.2) is 17.9 Å². The number of hydrogen-bond donors (Lipinski definition) is 2. The average Bonchev–Trinajstić information content (AvgIpc) is 2.85. The molecule has 1 fully saturated rings. The molecule has 0 spiro atoms. The van der Waals surface area contributed by atoms with Gasteiger partial charge in [0, 0.05) is 18.2 Å². The lowest BCUT2D eigenvalue weighted by Crippen LogP contribution is -2.45. The van der Waals surface area contributed by atoms with Gasteiger partial charge in [0.15, 0.2) is 0 Å². The van der Waals surface area contributed by atoms with Crippen molar-refractivity contribution in [1.82, 2.24) is 10.0 Å². The third-order valence-corrected chi connectivity index (χ3v) is 7.12. The van der Waals surface area contributed by atoms with Crippen LogP contribution < -0.4 is 14.8 Å². The van der Waals surface area contributed by atoms with Gasteiger partial charge in [-0.1, -0.05) is 61.7 Å². The Morgan fingerprint density at radius 3 is 2.34 bits per heavy atom. The van der Waals surface area contributed by atoms with Gasteiger partial charge in [0.25, 0.3) is 15.7 Å². The molecule has 0 heterocycles. The molecule has 0 bridgehead atoms. The Labute approximate surface area is 203 Å². The molecule has 2 amide bonds. The fourth-order valence-corrected chi connectivity index (χ4v) is 5.10. The average molecular weight is 496 g/mol. The Bertz CT molecular complexity index is 1320. The summed E-state index contributed by atoms with van der Waals surface area (Å²) < 4.78 is 34.0. The predicted octanol–water partition coefficient (Wildman–Crippen LogP) is 5.37. The molecule has 2 N–H and O–H groups in total. The zero-order valence-corrected chi connectivity index (χ0v) is 19.7. The van der Waals surface area contributed by atoms with Gasteiger partial charge in [0.05, 0.1) is 4.92 Å². The van der Waals surface area contributed by atoms with E-state index >= 15 is 0 Å². The van der Waals surface area contributed by atoms with Crippen molar-refractivity contribution >= 4 is 21.7 Å². The predicted molar refractivity (Wildman–Crippen MR) is 131 cm³/mol. The number of ether oxygens (including phenoxy) is 1. The molecule has 0 unspecified atom stereocenters. The van der Waals surface area contributed by atoms with Crippen LogP contribution in [0.4, 0.5) is 10.5 Å². The van der Waals surface area contributed by atoms with E-state index in [1.807, 2.05) is 41.1 Å². The first kappa shape index (κ1) is 24.2. The van der Waals surface area contributed by atoms with E-state index in [9.17, 15) is 23.3 Å². The molecular weight excluding hydrogens is 470 g/mol. The highest BCUT2D eigenvalue weighted by Crippen LogP contribution is 2.33. The number of benzene rings is 3. The molecule has 182 valence electrons. The van der Waals surface area contributed by atoms with E-state index in [0.717, 1.165) is 55.4 Å². The monoisotopic (exact) mass is 495 g/mol. The summed E-state index contributed by atoms with van der Waals surface area (Å²) in [4.78, 5) is 22.5. The summed E-state index contributed by atoms with van der Waals surface area (Å²) in [6.07, 6.45) is 4.55. The molecule has 35 heavy (non-hydrogen) atoms.